The van der Waals surface area contributed by atoms with E-state index in [4.69, 9.17) is 9.98 Å². The van der Waals surface area contributed by atoms with Gasteiger partial charge in [-0.25, -0.2) is 0 Å². The molecule has 2 nitrogen and oxygen atoms in total. The molecule has 0 atom stereocenters. The molecular weight excluding hydrogens is 771 g/mol. The van der Waals surface area contributed by atoms with Crippen molar-refractivity contribution in [3.05, 3.63) is 59.2 Å². The molecule has 0 heterocycles. The minimum atomic E-state index is 0. The average Bonchev–Trinajstić information content (AvgIpc) is 3.25. The summed E-state index contributed by atoms with van der Waals surface area (Å²) in [7, 11) is 0. The summed E-state index contributed by atoms with van der Waals surface area (Å²) in [6.45, 7) is 11.5. The van der Waals surface area contributed by atoms with E-state index < -0.39 is 0 Å². The van der Waals surface area contributed by atoms with E-state index in [1.807, 2.05) is 0 Å². The Morgan fingerprint density at radius 3 is 1.02 bits per heavy atom. The summed E-state index contributed by atoms with van der Waals surface area (Å²) in [4.78, 5) is 10.8. The molecule has 0 spiro atoms. The van der Waals surface area contributed by atoms with Crippen molar-refractivity contribution in [1.82, 2.24) is 0 Å². The Balaban J connectivity index is 0.0000180. The van der Waals surface area contributed by atoms with E-state index in [0.29, 0.717) is 0 Å². The van der Waals surface area contributed by atoms with Gasteiger partial charge in [-0.15, -0.1) is 0 Å². The average molecular weight is 870 g/mol. The molecule has 0 aromatic heterocycles. The molecule has 2 aromatic rings. The predicted octanol–water partition coefficient (Wildman–Crippen LogP) is 19.9. The van der Waals surface area contributed by atoms with Gasteiger partial charge < -0.3 is 0 Å². The molecule has 0 aliphatic heterocycles. The fourth-order valence-corrected chi connectivity index (χ4v) is 8.61. The second-order valence-corrected chi connectivity index (χ2v) is 18.4. The molecule has 60 heavy (non-hydrogen) atoms. The maximum atomic E-state index is 5.45. The van der Waals surface area contributed by atoms with Gasteiger partial charge >= 0.3 is 0 Å². The molecule has 3 heteroatoms. The number of aryl methyl sites for hydroxylation is 3. The van der Waals surface area contributed by atoms with Crippen molar-refractivity contribution in [2.45, 2.75) is 279 Å². The van der Waals surface area contributed by atoms with Crippen molar-refractivity contribution in [3.63, 3.8) is 0 Å². The van der Waals surface area contributed by atoms with Gasteiger partial charge in [0, 0.05) is 16.5 Å². The van der Waals surface area contributed by atoms with Crippen molar-refractivity contribution < 1.29 is 16.5 Å². The molecule has 0 saturated carbocycles. The van der Waals surface area contributed by atoms with Gasteiger partial charge in [0.05, 0.1) is 22.8 Å². The summed E-state index contributed by atoms with van der Waals surface area (Å²) < 4.78 is 0. The second-order valence-electron chi connectivity index (χ2n) is 18.4. The van der Waals surface area contributed by atoms with Crippen LogP contribution in [0.2, 0.25) is 0 Å². The van der Waals surface area contributed by atoms with E-state index >= 15 is 0 Å². The summed E-state index contributed by atoms with van der Waals surface area (Å²) in [6, 6.07) is 16.4. The van der Waals surface area contributed by atoms with Crippen LogP contribution < -0.4 is 0 Å². The first-order valence-corrected chi connectivity index (χ1v) is 26.5. The molecule has 0 aliphatic carbocycles. The Labute approximate surface area is 385 Å². The summed E-state index contributed by atoms with van der Waals surface area (Å²) in [6.07, 6.45) is 50.9. The van der Waals surface area contributed by atoms with Gasteiger partial charge in [0.15, 0.2) is 0 Å². The third-order valence-corrected chi connectivity index (χ3v) is 12.6. The molecule has 0 aliphatic rings. The van der Waals surface area contributed by atoms with Gasteiger partial charge in [-0.3, -0.25) is 9.98 Å². The van der Waals surface area contributed by atoms with Crippen molar-refractivity contribution in [2.75, 3.05) is 0 Å². The van der Waals surface area contributed by atoms with Crippen LogP contribution in [0.3, 0.4) is 0 Å². The standard InChI is InChI=1S/C57H98N2.Ni/c1-6-11-16-18-19-20-21-22-23-24-25-26-27-28-29-30-31-32-33-34-35-36-37-41-51-44-46-54(47-45-51)58-57(43-38-17-12-7-2)56(42-15-10-5)59-55-49-52(39-13-8-3)48-53(50-55)40-14-9-4;/h44-50H,6-43H2,1-5H3;. The van der Waals surface area contributed by atoms with Crippen molar-refractivity contribution in [3.8, 4) is 0 Å². The zero-order valence-corrected chi connectivity index (χ0v) is 41.6. The third kappa shape index (κ3) is 30.3. The molecule has 0 bridgehead atoms. The van der Waals surface area contributed by atoms with Crippen molar-refractivity contribution in [1.29, 1.82) is 0 Å². The third-order valence-electron chi connectivity index (χ3n) is 12.6. The molecule has 2 aromatic carbocycles. The smallest absolute Gasteiger partial charge is 0.0639 e. The normalized spacial score (nSPS) is 12.0. The van der Waals surface area contributed by atoms with Crippen LogP contribution in [0.4, 0.5) is 11.4 Å². The first-order chi connectivity index (χ1) is 29.1. The minimum Gasteiger partial charge on any atom is -0.252 e. The van der Waals surface area contributed by atoms with Crippen molar-refractivity contribution in [2.24, 2.45) is 9.98 Å². The van der Waals surface area contributed by atoms with Gasteiger partial charge in [0.1, 0.15) is 0 Å². The molecule has 0 unspecified atom stereocenters. The number of aliphatic imine (C=N–C) groups is 2. The molecule has 0 radical (unpaired) electrons. The molecule has 0 N–H and O–H groups in total. The van der Waals surface area contributed by atoms with Crippen molar-refractivity contribution >= 4 is 22.8 Å². The minimum absolute atomic E-state index is 0. The van der Waals surface area contributed by atoms with Crippen LogP contribution >= 0.6 is 0 Å². The zero-order valence-electron chi connectivity index (χ0n) is 40.6. The van der Waals surface area contributed by atoms with Gasteiger partial charge in [-0.1, -0.05) is 233 Å². The van der Waals surface area contributed by atoms with Crippen LogP contribution in [-0.4, -0.2) is 11.4 Å². The second kappa shape index (κ2) is 41.3. The van der Waals surface area contributed by atoms with Crippen LogP contribution in [-0.2, 0) is 35.8 Å². The van der Waals surface area contributed by atoms with Crippen LogP contribution in [0.15, 0.2) is 52.4 Å². The number of rotatable bonds is 41. The van der Waals surface area contributed by atoms with E-state index in [0.717, 1.165) is 43.5 Å². The number of hydrogen-bond acceptors (Lipinski definition) is 2. The van der Waals surface area contributed by atoms with E-state index in [1.165, 1.54) is 240 Å². The van der Waals surface area contributed by atoms with E-state index in [-0.39, 0.29) is 16.5 Å². The predicted molar refractivity (Wildman–Crippen MR) is 268 cm³/mol. The van der Waals surface area contributed by atoms with Gasteiger partial charge in [-0.2, -0.15) is 0 Å². The van der Waals surface area contributed by atoms with E-state index in [9.17, 15) is 0 Å². The molecular formula is C57H98N2Ni. The maximum Gasteiger partial charge on any atom is 0.0639 e. The van der Waals surface area contributed by atoms with Gasteiger partial charge in [0.2, 0.25) is 0 Å². The molecule has 2 rings (SSSR count). The van der Waals surface area contributed by atoms with Crippen LogP contribution in [0.5, 0.6) is 0 Å². The number of unbranched alkanes of at least 4 members (excludes halogenated alkanes) is 28. The summed E-state index contributed by atoms with van der Waals surface area (Å²) >= 11 is 0. The SMILES string of the molecule is CCCCCCCCCCCCCCCCCCCCCCCCCc1ccc(N=C(CCCCCC)C(CCCC)=Nc2cc(CCCC)cc(CCCC)c2)cc1.[Ni]. The van der Waals surface area contributed by atoms with Crippen LogP contribution in [0, 0.1) is 0 Å². The quantitative estimate of drug-likeness (QED) is 0.0361. The van der Waals surface area contributed by atoms with Crippen LogP contribution in [0.1, 0.15) is 276 Å². The van der Waals surface area contributed by atoms with Gasteiger partial charge in [-0.05, 0) is 105 Å². The Bertz CT molecular complexity index is 1270. The monoisotopic (exact) mass is 869 g/mol. The molecule has 0 fully saturated rings. The number of hydrogen-bond donors (Lipinski definition) is 0. The maximum absolute atomic E-state index is 5.45. The Kier molecular flexibility index (Phi) is 38.7. The summed E-state index contributed by atoms with van der Waals surface area (Å²) in [5.41, 5.74) is 9.02. The summed E-state index contributed by atoms with van der Waals surface area (Å²) in [5, 5.41) is 0. The zero-order chi connectivity index (χ0) is 42.3. The Morgan fingerprint density at radius 1 is 0.300 bits per heavy atom. The fourth-order valence-electron chi connectivity index (χ4n) is 8.61. The fraction of sp³-hybridized carbons (Fsp3) is 0.754. The largest absolute Gasteiger partial charge is 0.252 e. The molecule has 346 valence electrons. The van der Waals surface area contributed by atoms with Gasteiger partial charge in [0.25, 0.3) is 0 Å². The first kappa shape index (κ1) is 56.3. The number of benzene rings is 2. The van der Waals surface area contributed by atoms with Crippen LogP contribution in [0.25, 0.3) is 0 Å². The Morgan fingerprint density at radius 2 is 0.617 bits per heavy atom. The summed E-state index contributed by atoms with van der Waals surface area (Å²) in [5.74, 6) is 0. The number of nitrogens with zero attached hydrogens (tertiary/aromatic N) is 2. The Hall–Kier alpha value is -1.73. The molecule has 0 amide bonds. The van der Waals surface area contributed by atoms with E-state index in [2.05, 4.69) is 77.1 Å². The van der Waals surface area contributed by atoms with E-state index in [1.54, 1.807) is 0 Å². The molecule has 0 saturated heterocycles. The topological polar surface area (TPSA) is 24.7 Å². The first-order valence-electron chi connectivity index (χ1n) is 26.5.